The molecule has 1 aromatic heterocycles. The molecule has 2 N–H and O–H groups in total. The quantitative estimate of drug-likeness (QED) is 0.796. The summed E-state index contributed by atoms with van der Waals surface area (Å²) in [6, 6.07) is 13.0. The highest BCUT2D eigenvalue weighted by Gasteiger charge is 2.08. The first-order valence-corrected chi connectivity index (χ1v) is 6.90. The largest absolute Gasteiger partial charge is 0.342 e. The molecule has 6 heteroatoms. The van der Waals surface area contributed by atoms with Crippen molar-refractivity contribution in [2.75, 3.05) is 6.54 Å². The smallest absolute Gasteiger partial charge is 0.262 e. The molecule has 0 bridgehead atoms. The van der Waals surface area contributed by atoms with Crippen molar-refractivity contribution in [1.82, 2.24) is 10.8 Å². The van der Waals surface area contributed by atoms with Crippen LogP contribution in [-0.2, 0) is 16.2 Å². The van der Waals surface area contributed by atoms with Crippen LogP contribution in [0.2, 0.25) is 0 Å². The predicted molar refractivity (Wildman–Crippen MR) is 76.0 cm³/mol. The molecule has 2 rings (SSSR count). The lowest BCUT2D eigenvalue weighted by Crippen LogP contribution is -2.36. The van der Waals surface area contributed by atoms with Crippen LogP contribution in [0.4, 0.5) is 0 Å². The molecule has 0 spiro atoms. The van der Waals surface area contributed by atoms with E-state index in [-0.39, 0.29) is 19.1 Å². The van der Waals surface area contributed by atoms with Crippen molar-refractivity contribution in [3.63, 3.8) is 0 Å². The van der Waals surface area contributed by atoms with Crippen LogP contribution in [0.5, 0.6) is 0 Å². The summed E-state index contributed by atoms with van der Waals surface area (Å²) in [6.45, 7) is 0.164. The Morgan fingerprint density at radius 3 is 2.60 bits per heavy atom. The Kier molecular flexibility index (Phi) is 5.28. The summed E-state index contributed by atoms with van der Waals surface area (Å²) < 4.78 is 0. The first-order chi connectivity index (χ1) is 9.75. The molecule has 5 nitrogen and oxygen atoms in total. The molecule has 0 saturated heterocycles. The number of carbonyl (C=O) groups is 2. The van der Waals surface area contributed by atoms with Gasteiger partial charge in [0.05, 0.1) is 18.0 Å². The van der Waals surface area contributed by atoms with Gasteiger partial charge < -0.3 is 5.32 Å². The van der Waals surface area contributed by atoms with E-state index in [1.807, 2.05) is 30.3 Å². The Balaban J connectivity index is 1.65. The van der Waals surface area contributed by atoms with Gasteiger partial charge in [0.15, 0.2) is 0 Å². The van der Waals surface area contributed by atoms with Crippen LogP contribution in [0.25, 0.3) is 0 Å². The highest BCUT2D eigenvalue weighted by atomic mass is 32.1. The third-order valence-electron chi connectivity index (χ3n) is 2.42. The second-order valence-corrected chi connectivity index (χ2v) is 4.91. The van der Waals surface area contributed by atoms with Crippen molar-refractivity contribution in [1.29, 1.82) is 0 Å². The predicted octanol–water partition coefficient (Wildman–Crippen LogP) is 1.73. The first kappa shape index (κ1) is 14.2. The second kappa shape index (κ2) is 7.42. The standard InChI is InChI=1S/C14H14N2O3S/c17-13(9-15-14(18)12-7-4-8-20-12)16-19-10-11-5-2-1-3-6-11/h1-8H,9-10H2,(H,15,18)(H,16,17). The van der Waals surface area contributed by atoms with Gasteiger partial charge in [-0.05, 0) is 17.0 Å². The summed E-state index contributed by atoms with van der Waals surface area (Å²) in [5.41, 5.74) is 3.24. The molecule has 2 aromatic rings. The minimum atomic E-state index is -0.397. The van der Waals surface area contributed by atoms with Crippen LogP contribution < -0.4 is 10.8 Å². The highest BCUT2D eigenvalue weighted by Crippen LogP contribution is 2.07. The van der Waals surface area contributed by atoms with Crippen molar-refractivity contribution < 1.29 is 14.4 Å². The third kappa shape index (κ3) is 4.49. The molecule has 0 unspecified atom stereocenters. The number of benzene rings is 1. The van der Waals surface area contributed by atoms with Crippen molar-refractivity contribution in [2.45, 2.75) is 6.61 Å². The number of hydrogen-bond acceptors (Lipinski definition) is 4. The molecule has 0 aliphatic carbocycles. The number of carbonyl (C=O) groups excluding carboxylic acids is 2. The van der Waals surface area contributed by atoms with Crippen LogP contribution in [0.1, 0.15) is 15.2 Å². The average molecular weight is 290 g/mol. The number of nitrogens with one attached hydrogen (secondary N) is 2. The van der Waals surface area contributed by atoms with Gasteiger partial charge in [-0.1, -0.05) is 36.4 Å². The molecule has 0 atom stereocenters. The number of amides is 2. The highest BCUT2D eigenvalue weighted by molar-refractivity contribution is 7.12. The summed E-state index contributed by atoms with van der Waals surface area (Å²) in [5.74, 6) is -0.663. The maximum Gasteiger partial charge on any atom is 0.262 e. The molecule has 0 saturated carbocycles. The van der Waals surface area contributed by atoms with Crippen LogP contribution >= 0.6 is 11.3 Å². The number of rotatable bonds is 6. The molecule has 1 heterocycles. The summed E-state index contributed by atoms with van der Waals surface area (Å²) >= 11 is 1.32. The number of thiophene rings is 1. The van der Waals surface area contributed by atoms with Crippen LogP contribution in [0, 0.1) is 0 Å². The van der Waals surface area contributed by atoms with Crippen molar-refractivity contribution in [3.8, 4) is 0 Å². The molecule has 1 aromatic carbocycles. The maximum atomic E-state index is 11.6. The second-order valence-electron chi connectivity index (χ2n) is 3.96. The molecular formula is C14H14N2O3S. The van der Waals surface area contributed by atoms with E-state index in [4.69, 9.17) is 4.84 Å². The van der Waals surface area contributed by atoms with E-state index in [2.05, 4.69) is 10.8 Å². The normalized spacial score (nSPS) is 10.0. The first-order valence-electron chi connectivity index (χ1n) is 6.02. The fourth-order valence-electron chi connectivity index (χ4n) is 1.47. The Hall–Kier alpha value is -2.18. The van der Waals surface area contributed by atoms with Crippen LogP contribution in [0.15, 0.2) is 47.8 Å². The van der Waals surface area contributed by atoms with Crippen LogP contribution in [0.3, 0.4) is 0 Å². The lowest BCUT2D eigenvalue weighted by molar-refractivity contribution is -0.133. The molecule has 0 radical (unpaired) electrons. The van der Waals surface area contributed by atoms with Crippen molar-refractivity contribution >= 4 is 23.2 Å². The van der Waals surface area contributed by atoms with Gasteiger partial charge in [0.2, 0.25) is 0 Å². The lowest BCUT2D eigenvalue weighted by Gasteiger charge is -2.06. The third-order valence-corrected chi connectivity index (χ3v) is 3.29. The number of hydrogen-bond donors (Lipinski definition) is 2. The van der Waals surface area contributed by atoms with E-state index in [9.17, 15) is 9.59 Å². The van der Waals surface area contributed by atoms with E-state index in [0.717, 1.165) is 5.56 Å². The van der Waals surface area contributed by atoms with E-state index in [1.54, 1.807) is 17.5 Å². The Morgan fingerprint density at radius 1 is 1.10 bits per heavy atom. The molecule has 20 heavy (non-hydrogen) atoms. The monoisotopic (exact) mass is 290 g/mol. The molecule has 104 valence electrons. The van der Waals surface area contributed by atoms with Crippen LogP contribution in [-0.4, -0.2) is 18.4 Å². The topological polar surface area (TPSA) is 67.4 Å². The SMILES string of the molecule is O=C(CNC(=O)c1cccs1)NOCc1ccccc1. The minimum Gasteiger partial charge on any atom is -0.342 e. The summed E-state index contributed by atoms with van der Waals surface area (Å²) in [7, 11) is 0. The van der Waals surface area contributed by atoms with Gasteiger partial charge in [0.1, 0.15) is 0 Å². The van der Waals surface area contributed by atoms with Gasteiger partial charge in [-0.15, -0.1) is 11.3 Å². The Morgan fingerprint density at radius 2 is 1.90 bits per heavy atom. The van der Waals surface area contributed by atoms with E-state index >= 15 is 0 Å². The van der Waals surface area contributed by atoms with Gasteiger partial charge in [-0.2, -0.15) is 0 Å². The van der Waals surface area contributed by atoms with Gasteiger partial charge in [-0.25, -0.2) is 5.48 Å². The van der Waals surface area contributed by atoms with Crippen molar-refractivity contribution in [3.05, 3.63) is 58.3 Å². The Labute approximate surface area is 120 Å². The van der Waals surface area contributed by atoms with Gasteiger partial charge >= 0.3 is 0 Å². The van der Waals surface area contributed by atoms with Gasteiger partial charge in [0, 0.05) is 0 Å². The molecule has 2 amide bonds. The molecule has 0 aliphatic rings. The summed E-state index contributed by atoms with van der Waals surface area (Å²) in [4.78, 5) is 28.7. The molecule has 0 aliphatic heterocycles. The van der Waals surface area contributed by atoms with E-state index in [1.165, 1.54) is 11.3 Å². The average Bonchev–Trinajstić information content (AvgIpc) is 3.00. The lowest BCUT2D eigenvalue weighted by atomic mass is 10.2. The zero-order valence-corrected chi connectivity index (χ0v) is 11.5. The fourth-order valence-corrected chi connectivity index (χ4v) is 2.11. The zero-order valence-electron chi connectivity index (χ0n) is 10.7. The van der Waals surface area contributed by atoms with Crippen molar-refractivity contribution in [2.24, 2.45) is 0 Å². The summed E-state index contributed by atoms with van der Waals surface area (Å²) in [6.07, 6.45) is 0. The Bertz CT molecular complexity index is 555. The molecular weight excluding hydrogens is 276 g/mol. The number of hydroxylamine groups is 1. The van der Waals surface area contributed by atoms with E-state index in [0.29, 0.717) is 4.88 Å². The zero-order chi connectivity index (χ0) is 14.2. The van der Waals surface area contributed by atoms with Gasteiger partial charge in [-0.3, -0.25) is 14.4 Å². The van der Waals surface area contributed by atoms with E-state index < -0.39 is 5.91 Å². The minimum absolute atomic E-state index is 0.120. The molecule has 0 fully saturated rings. The fraction of sp³-hybridized carbons (Fsp3) is 0.143. The van der Waals surface area contributed by atoms with Gasteiger partial charge in [0.25, 0.3) is 11.8 Å². The summed E-state index contributed by atoms with van der Waals surface area (Å²) in [5, 5.41) is 4.32. The maximum absolute atomic E-state index is 11.6.